The maximum absolute atomic E-state index is 13.3. The van der Waals surface area contributed by atoms with Crippen LogP contribution in [-0.2, 0) is 0 Å². The first kappa shape index (κ1) is 15.5. The molecule has 0 amide bonds. The van der Waals surface area contributed by atoms with Crippen LogP contribution in [0.5, 0.6) is 11.5 Å². The second-order valence-corrected chi connectivity index (χ2v) is 6.17. The molecule has 3 nitrogen and oxygen atoms in total. The number of phenolic OH excluding ortho intramolecular Hbond substituents is 2. The minimum atomic E-state index is -0.647. The summed E-state index contributed by atoms with van der Waals surface area (Å²) in [6.07, 6.45) is 1.87. The SMILES string of the molecule is Oc1cc(-n2ccc3cc(-c4ccc(O)c(Cl)c4)ccc32)ccc1F. The normalized spacial score (nSPS) is 11.1. The van der Waals surface area contributed by atoms with Crippen molar-refractivity contribution in [1.29, 1.82) is 0 Å². The van der Waals surface area contributed by atoms with Crippen LogP contribution in [0.1, 0.15) is 0 Å². The summed E-state index contributed by atoms with van der Waals surface area (Å²) in [5, 5.41) is 20.4. The van der Waals surface area contributed by atoms with E-state index in [2.05, 4.69) is 0 Å². The summed E-state index contributed by atoms with van der Waals surface area (Å²) in [5.74, 6) is -0.977. The Morgan fingerprint density at radius 1 is 0.800 bits per heavy atom. The van der Waals surface area contributed by atoms with Gasteiger partial charge in [-0.1, -0.05) is 23.7 Å². The average molecular weight is 354 g/mol. The molecule has 0 fully saturated rings. The molecule has 0 aliphatic carbocycles. The number of rotatable bonds is 2. The monoisotopic (exact) mass is 353 g/mol. The lowest BCUT2D eigenvalue weighted by Crippen LogP contribution is -1.92. The zero-order chi connectivity index (χ0) is 17.6. The molecule has 0 radical (unpaired) electrons. The van der Waals surface area contributed by atoms with Gasteiger partial charge in [0.25, 0.3) is 0 Å². The van der Waals surface area contributed by atoms with E-state index in [1.807, 2.05) is 35.0 Å². The Balaban J connectivity index is 1.81. The van der Waals surface area contributed by atoms with E-state index in [0.29, 0.717) is 10.7 Å². The number of phenols is 2. The molecule has 0 bridgehead atoms. The maximum Gasteiger partial charge on any atom is 0.164 e. The average Bonchev–Trinajstić information content (AvgIpc) is 3.03. The Morgan fingerprint density at radius 2 is 1.56 bits per heavy atom. The smallest absolute Gasteiger partial charge is 0.164 e. The lowest BCUT2D eigenvalue weighted by atomic mass is 10.0. The first-order valence-corrected chi connectivity index (χ1v) is 7.99. The highest BCUT2D eigenvalue weighted by atomic mass is 35.5. The van der Waals surface area contributed by atoms with Gasteiger partial charge in [0.2, 0.25) is 0 Å². The fraction of sp³-hybridized carbons (Fsp3) is 0. The standard InChI is InChI=1S/C20H13ClFNO2/c21-16-10-13(2-6-19(16)24)12-1-5-18-14(9-12)7-8-23(18)15-3-4-17(22)20(25)11-15/h1-11,24-25H. The van der Waals surface area contributed by atoms with Crippen LogP contribution in [0.4, 0.5) is 4.39 Å². The molecule has 0 aliphatic rings. The summed E-state index contributed by atoms with van der Waals surface area (Å²) in [6, 6.07) is 17.2. The van der Waals surface area contributed by atoms with Crippen LogP contribution < -0.4 is 0 Å². The Kier molecular flexibility index (Phi) is 3.62. The number of nitrogens with zero attached hydrogens (tertiary/aromatic N) is 1. The van der Waals surface area contributed by atoms with Crippen molar-refractivity contribution in [3.8, 4) is 28.3 Å². The third kappa shape index (κ3) is 2.71. The van der Waals surface area contributed by atoms with E-state index in [-0.39, 0.29) is 11.5 Å². The Morgan fingerprint density at radius 3 is 2.32 bits per heavy atom. The van der Waals surface area contributed by atoms with Gasteiger partial charge in [0.05, 0.1) is 10.5 Å². The first-order valence-electron chi connectivity index (χ1n) is 7.62. The van der Waals surface area contributed by atoms with E-state index in [1.165, 1.54) is 12.1 Å². The molecule has 0 atom stereocenters. The van der Waals surface area contributed by atoms with Crippen molar-refractivity contribution in [3.63, 3.8) is 0 Å². The number of halogens is 2. The van der Waals surface area contributed by atoms with Crippen LogP contribution in [0.15, 0.2) is 66.9 Å². The van der Waals surface area contributed by atoms with Crippen LogP contribution in [0.2, 0.25) is 5.02 Å². The van der Waals surface area contributed by atoms with Gasteiger partial charge in [-0.2, -0.15) is 0 Å². The van der Waals surface area contributed by atoms with E-state index in [0.717, 1.165) is 22.0 Å². The van der Waals surface area contributed by atoms with Crippen LogP contribution in [0.25, 0.3) is 27.7 Å². The Bertz CT molecular complexity index is 1100. The van der Waals surface area contributed by atoms with Crippen molar-refractivity contribution in [3.05, 3.63) is 77.7 Å². The van der Waals surface area contributed by atoms with Gasteiger partial charge < -0.3 is 14.8 Å². The quantitative estimate of drug-likeness (QED) is 0.499. The fourth-order valence-corrected chi connectivity index (χ4v) is 3.07. The zero-order valence-electron chi connectivity index (χ0n) is 12.9. The van der Waals surface area contributed by atoms with Crippen molar-refractivity contribution in [2.75, 3.05) is 0 Å². The Labute approximate surface area is 148 Å². The number of hydrogen-bond donors (Lipinski definition) is 2. The molecule has 0 aliphatic heterocycles. The van der Waals surface area contributed by atoms with E-state index in [4.69, 9.17) is 11.6 Å². The fourth-order valence-electron chi connectivity index (χ4n) is 2.88. The van der Waals surface area contributed by atoms with Crippen LogP contribution in [0, 0.1) is 5.82 Å². The summed E-state index contributed by atoms with van der Waals surface area (Å²) in [5.41, 5.74) is 3.47. The number of aromatic hydroxyl groups is 2. The molecule has 0 spiro atoms. The number of benzene rings is 3. The number of aromatic nitrogens is 1. The van der Waals surface area contributed by atoms with Gasteiger partial charge in [0.1, 0.15) is 5.75 Å². The largest absolute Gasteiger partial charge is 0.506 e. The molecule has 4 rings (SSSR count). The van der Waals surface area contributed by atoms with Crippen molar-refractivity contribution < 1.29 is 14.6 Å². The van der Waals surface area contributed by atoms with Gasteiger partial charge in [-0.15, -0.1) is 0 Å². The van der Waals surface area contributed by atoms with Crippen molar-refractivity contribution in [2.24, 2.45) is 0 Å². The van der Waals surface area contributed by atoms with Gasteiger partial charge in [-0.3, -0.25) is 0 Å². The van der Waals surface area contributed by atoms with Crippen LogP contribution in [-0.4, -0.2) is 14.8 Å². The molecule has 25 heavy (non-hydrogen) atoms. The molecule has 2 N–H and O–H groups in total. The molecule has 4 aromatic rings. The minimum Gasteiger partial charge on any atom is -0.506 e. The highest BCUT2D eigenvalue weighted by Gasteiger charge is 2.09. The molecule has 0 unspecified atom stereocenters. The van der Waals surface area contributed by atoms with E-state index < -0.39 is 5.82 Å². The van der Waals surface area contributed by atoms with Gasteiger partial charge in [0.15, 0.2) is 11.6 Å². The topological polar surface area (TPSA) is 45.4 Å². The molecule has 1 heterocycles. The molecule has 124 valence electrons. The lowest BCUT2D eigenvalue weighted by molar-refractivity contribution is 0.432. The Hall–Kier alpha value is -2.98. The van der Waals surface area contributed by atoms with Gasteiger partial charge in [0, 0.05) is 23.3 Å². The van der Waals surface area contributed by atoms with E-state index in [1.54, 1.807) is 24.3 Å². The van der Waals surface area contributed by atoms with Gasteiger partial charge in [-0.05, 0) is 53.6 Å². The highest BCUT2D eigenvalue weighted by molar-refractivity contribution is 6.32. The zero-order valence-corrected chi connectivity index (χ0v) is 13.7. The lowest BCUT2D eigenvalue weighted by Gasteiger charge is -2.08. The molecular formula is C20H13ClFNO2. The highest BCUT2D eigenvalue weighted by Crippen LogP contribution is 2.32. The molecule has 3 aromatic carbocycles. The minimum absolute atomic E-state index is 0.0498. The number of fused-ring (bicyclic) bond motifs is 1. The van der Waals surface area contributed by atoms with Crippen molar-refractivity contribution in [2.45, 2.75) is 0 Å². The predicted molar refractivity (Wildman–Crippen MR) is 97.0 cm³/mol. The molecule has 0 saturated heterocycles. The van der Waals surface area contributed by atoms with Crippen molar-refractivity contribution >= 4 is 22.5 Å². The third-order valence-electron chi connectivity index (χ3n) is 4.18. The molecule has 0 saturated carbocycles. The molecular weight excluding hydrogens is 341 g/mol. The molecule has 5 heteroatoms. The summed E-state index contributed by atoms with van der Waals surface area (Å²) in [4.78, 5) is 0. The van der Waals surface area contributed by atoms with Crippen LogP contribution >= 0.6 is 11.6 Å². The van der Waals surface area contributed by atoms with Crippen LogP contribution in [0.3, 0.4) is 0 Å². The van der Waals surface area contributed by atoms with E-state index in [9.17, 15) is 14.6 Å². The maximum atomic E-state index is 13.3. The summed E-state index contributed by atoms with van der Waals surface area (Å²) < 4.78 is 15.1. The van der Waals surface area contributed by atoms with E-state index >= 15 is 0 Å². The van der Waals surface area contributed by atoms with Gasteiger partial charge >= 0.3 is 0 Å². The summed E-state index contributed by atoms with van der Waals surface area (Å²) in [6.45, 7) is 0. The summed E-state index contributed by atoms with van der Waals surface area (Å²) in [7, 11) is 0. The second-order valence-electron chi connectivity index (χ2n) is 5.76. The number of hydrogen-bond acceptors (Lipinski definition) is 2. The van der Waals surface area contributed by atoms with Gasteiger partial charge in [-0.25, -0.2) is 4.39 Å². The predicted octanol–water partition coefficient (Wildman–Crippen LogP) is 5.50. The molecule has 1 aromatic heterocycles. The third-order valence-corrected chi connectivity index (χ3v) is 4.48. The second kappa shape index (κ2) is 5.83. The summed E-state index contributed by atoms with van der Waals surface area (Å²) >= 11 is 5.99. The first-order chi connectivity index (χ1) is 12.0. The van der Waals surface area contributed by atoms with Crippen molar-refractivity contribution in [1.82, 2.24) is 4.57 Å².